The van der Waals surface area contributed by atoms with Crippen molar-refractivity contribution in [1.82, 2.24) is 9.62 Å². The van der Waals surface area contributed by atoms with Crippen molar-refractivity contribution in [3.05, 3.63) is 29.8 Å². The third-order valence-corrected chi connectivity index (χ3v) is 5.66. The lowest BCUT2D eigenvalue weighted by atomic mass is 9.87. The molecule has 25 heavy (non-hydrogen) atoms. The lowest BCUT2D eigenvalue weighted by Crippen LogP contribution is -2.38. The minimum absolute atomic E-state index is 0.0177. The predicted molar refractivity (Wildman–Crippen MR) is 102 cm³/mol. The molecule has 0 radical (unpaired) electrons. The summed E-state index contributed by atoms with van der Waals surface area (Å²) in [5.41, 5.74) is 1.07. The molecular weight excluding hydrogens is 336 g/mol. The van der Waals surface area contributed by atoms with Crippen LogP contribution in [0.15, 0.2) is 29.2 Å². The van der Waals surface area contributed by atoms with Gasteiger partial charge in [-0.05, 0) is 29.5 Å². The number of nitrogens with one attached hydrogen (secondary N) is 1. The second kappa shape index (κ2) is 9.34. The molecule has 1 amide bonds. The highest BCUT2D eigenvalue weighted by molar-refractivity contribution is 7.89. The molecule has 142 valence electrons. The van der Waals surface area contributed by atoms with Crippen molar-refractivity contribution < 1.29 is 13.2 Å². The van der Waals surface area contributed by atoms with Gasteiger partial charge in [-0.15, -0.1) is 0 Å². The molecule has 0 spiro atoms. The summed E-state index contributed by atoms with van der Waals surface area (Å²) in [5.74, 6) is -0.0233. The number of hydrogen-bond donors (Lipinski definition) is 1. The van der Waals surface area contributed by atoms with Crippen LogP contribution in [0, 0.1) is 0 Å². The van der Waals surface area contributed by atoms with E-state index in [0.29, 0.717) is 13.1 Å². The predicted octanol–water partition coefficient (Wildman–Crippen LogP) is 3.30. The first kappa shape index (κ1) is 21.6. The van der Waals surface area contributed by atoms with E-state index in [1.54, 1.807) is 17.0 Å². The van der Waals surface area contributed by atoms with Gasteiger partial charge >= 0.3 is 0 Å². The SMILES string of the molecule is CCCCCN(CCNS(=O)(=O)c1ccc(C(C)(C)C)cc1)C(C)=O. The van der Waals surface area contributed by atoms with Crippen LogP contribution in [0.25, 0.3) is 0 Å². The number of benzene rings is 1. The zero-order valence-electron chi connectivity index (χ0n) is 16.1. The second-order valence-corrected chi connectivity index (χ2v) is 9.15. The summed E-state index contributed by atoms with van der Waals surface area (Å²) in [6.45, 7) is 11.2. The molecule has 1 aromatic carbocycles. The lowest BCUT2D eigenvalue weighted by Gasteiger charge is -2.21. The first-order chi connectivity index (χ1) is 11.6. The van der Waals surface area contributed by atoms with Crippen LogP contribution in [0.3, 0.4) is 0 Å². The van der Waals surface area contributed by atoms with E-state index in [1.807, 2.05) is 12.1 Å². The molecule has 1 N–H and O–H groups in total. The standard InChI is InChI=1S/C19H32N2O3S/c1-6-7-8-14-21(16(2)22)15-13-20-25(23,24)18-11-9-17(10-12-18)19(3,4)5/h9-12,20H,6-8,13-15H2,1-5H3. The zero-order chi connectivity index (χ0) is 19.1. The van der Waals surface area contributed by atoms with Crippen molar-refractivity contribution in [2.45, 2.75) is 64.2 Å². The molecule has 0 aliphatic heterocycles. The van der Waals surface area contributed by atoms with Crippen LogP contribution in [-0.2, 0) is 20.2 Å². The van der Waals surface area contributed by atoms with Gasteiger partial charge in [0.25, 0.3) is 0 Å². The summed E-state index contributed by atoms with van der Waals surface area (Å²) < 4.78 is 27.4. The quantitative estimate of drug-likeness (QED) is 0.680. The van der Waals surface area contributed by atoms with Crippen LogP contribution in [0.4, 0.5) is 0 Å². The van der Waals surface area contributed by atoms with E-state index < -0.39 is 10.0 Å². The molecule has 1 aromatic rings. The van der Waals surface area contributed by atoms with Crippen LogP contribution in [0.1, 0.15) is 59.4 Å². The first-order valence-corrected chi connectivity index (χ1v) is 10.4. The fraction of sp³-hybridized carbons (Fsp3) is 0.632. The van der Waals surface area contributed by atoms with Gasteiger partial charge in [-0.3, -0.25) is 4.79 Å². The third-order valence-electron chi connectivity index (χ3n) is 4.18. The molecule has 0 saturated heterocycles. The van der Waals surface area contributed by atoms with Crippen LogP contribution < -0.4 is 4.72 Å². The number of nitrogens with zero attached hydrogens (tertiary/aromatic N) is 1. The Kier molecular flexibility index (Phi) is 8.09. The average molecular weight is 369 g/mol. The Hall–Kier alpha value is -1.40. The van der Waals surface area contributed by atoms with Crippen LogP contribution >= 0.6 is 0 Å². The van der Waals surface area contributed by atoms with Gasteiger partial charge in [-0.25, -0.2) is 13.1 Å². The Balaban J connectivity index is 2.64. The second-order valence-electron chi connectivity index (χ2n) is 7.39. The Morgan fingerprint density at radius 1 is 1.08 bits per heavy atom. The molecule has 6 heteroatoms. The van der Waals surface area contributed by atoms with Gasteiger partial charge in [-0.2, -0.15) is 0 Å². The molecule has 0 bridgehead atoms. The van der Waals surface area contributed by atoms with Gasteiger partial charge in [-0.1, -0.05) is 52.7 Å². The molecule has 0 heterocycles. The van der Waals surface area contributed by atoms with E-state index in [1.165, 1.54) is 6.92 Å². The smallest absolute Gasteiger partial charge is 0.240 e. The van der Waals surface area contributed by atoms with E-state index in [0.717, 1.165) is 24.8 Å². The molecule has 0 unspecified atom stereocenters. The molecule has 5 nitrogen and oxygen atoms in total. The molecule has 0 atom stereocenters. The molecule has 0 saturated carbocycles. The summed E-state index contributed by atoms with van der Waals surface area (Å²) in [5, 5.41) is 0. The van der Waals surface area contributed by atoms with Crippen molar-refractivity contribution in [3.8, 4) is 0 Å². The van der Waals surface area contributed by atoms with Crippen LogP contribution in [-0.4, -0.2) is 38.9 Å². The summed E-state index contributed by atoms with van der Waals surface area (Å²) in [6, 6.07) is 6.96. The zero-order valence-corrected chi connectivity index (χ0v) is 16.9. The van der Waals surface area contributed by atoms with Crippen molar-refractivity contribution >= 4 is 15.9 Å². The van der Waals surface area contributed by atoms with E-state index in [2.05, 4.69) is 32.4 Å². The van der Waals surface area contributed by atoms with E-state index in [-0.39, 0.29) is 22.8 Å². The van der Waals surface area contributed by atoms with Crippen molar-refractivity contribution in [3.63, 3.8) is 0 Å². The van der Waals surface area contributed by atoms with Crippen LogP contribution in [0.2, 0.25) is 0 Å². The Morgan fingerprint density at radius 3 is 2.16 bits per heavy atom. The van der Waals surface area contributed by atoms with Gasteiger partial charge in [0.2, 0.25) is 15.9 Å². The van der Waals surface area contributed by atoms with Crippen molar-refractivity contribution in [2.75, 3.05) is 19.6 Å². The number of unbranched alkanes of at least 4 members (excludes halogenated alkanes) is 2. The number of rotatable bonds is 9. The van der Waals surface area contributed by atoms with Crippen molar-refractivity contribution in [2.24, 2.45) is 0 Å². The topological polar surface area (TPSA) is 66.5 Å². The third kappa shape index (κ3) is 7.16. The monoisotopic (exact) mass is 368 g/mol. The molecule has 0 aliphatic rings. The van der Waals surface area contributed by atoms with Gasteiger partial charge in [0.05, 0.1) is 4.90 Å². The highest BCUT2D eigenvalue weighted by Gasteiger charge is 2.18. The molecule has 1 rings (SSSR count). The largest absolute Gasteiger partial charge is 0.342 e. The van der Waals surface area contributed by atoms with Gasteiger partial charge in [0.1, 0.15) is 0 Å². The summed E-state index contributed by atoms with van der Waals surface area (Å²) >= 11 is 0. The van der Waals surface area contributed by atoms with Gasteiger partial charge < -0.3 is 4.90 Å². The fourth-order valence-electron chi connectivity index (χ4n) is 2.51. The Bertz CT molecular complexity index is 646. The van der Waals surface area contributed by atoms with Gasteiger partial charge in [0, 0.05) is 26.6 Å². The first-order valence-electron chi connectivity index (χ1n) is 8.93. The average Bonchev–Trinajstić information content (AvgIpc) is 2.52. The highest BCUT2D eigenvalue weighted by Crippen LogP contribution is 2.23. The van der Waals surface area contributed by atoms with E-state index in [9.17, 15) is 13.2 Å². The van der Waals surface area contributed by atoms with E-state index >= 15 is 0 Å². The molecule has 0 aromatic heterocycles. The number of carbonyl (C=O) groups is 1. The Morgan fingerprint density at radius 2 is 1.68 bits per heavy atom. The maximum absolute atomic E-state index is 12.4. The number of hydrogen-bond acceptors (Lipinski definition) is 3. The highest BCUT2D eigenvalue weighted by atomic mass is 32.2. The number of carbonyl (C=O) groups excluding carboxylic acids is 1. The molecule has 0 fully saturated rings. The fourth-order valence-corrected chi connectivity index (χ4v) is 3.53. The number of sulfonamides is 1. The summed E-state index contributed by atoms with van der Waals surface area (Å²) in [4.78, 5) is 13.6. The maximum atomic E-state index is 12.4. The lowest BCUT2D eigenvalue weighted by molar-refractivity contribution is -0.128. The number of amides is 1. The minimum Gasteiger partial charge on any atom is -0.342 e. The Labute approximate surface area is 152 Å². The maximum Gasteiger partial charge on any atom is 0.240 e. The van der Waals surface area contributed by atoms with Crippen molar-refractivity contribution in [1.29, 1.82) is 0 Å². The van der Waals surface area contributed by atoms with Gasteiger partial charge in [0.15, 0.2) is 0 Å². The van der Waals surface area contributed by atoms with Crippen LogP contribution in [0.5, 0.6) is 0 Å². The van der Waals surface area contributed by atoms with E-state index in [4.69, 9.17) is 0 Å². The summed E-state index contributed by atoms with van der Waals surface area (Å²) in [7, 11) is -3.56. The summed E-state index contributed by atoms with van der Waals surface area (Å²) in [6.07, 6.45) is 3.09. The normalized spacial score (nSPS) is 12.2. The minimum atomic E-state index is -3.56. The molecule has 0 aliphatic carbocycles. The molecular formula is C19H32N2O3S.